The van der Waals surface area contributed by atoms with Crippen molar-refractivity contribution in [3.05, 3.63) is 18.0 Å². The van der Waals surface area contributed by atoms with Gasteiger partial charge in [-0.2, -0.15) is 5.21 Å². The highest BCUT2D eigenvalue weighted by atomic mass is 15.5. The second kappa shape index (κ2) is 3.76. The van der Waals surface area contributed by atoms with E-state index < -0.39 is 0 Å². The first kappa shape index (κ1) is 6.92. The molecule has 4 heteroatoms. The van der Waals surface area contributed by atoms with Gasteiger partial charge in [-0.15, -0.1) is 10.2 Å². The minimum absolute atomic E-state index is 0.776. The number of tetrazole rings is 1. The molecule has 1 rings (SSSR count). The molecule has 1 N–H and O–H groups in total. The van der Waals surface area contributed by atoms with Gasteiger partial charge < -0.3 is 0 Å². The van der Waals surface area contributed by atoms with Gasteiger partial charge >= 0.3 is 0 Å². The summed E-state index contributed by atoms with van der Waals surface area (Å²) in [6.45, 7) is 2.00. The number of aromatic amines is 1. The van der Waals surface area contributed by atoms with Crippen molar-refractivity contribution in [1.29, 1.82) is 0 Å². The van der Waals surface area contributed by atoms with Crippen LogP contribution in [-0.4, -0.2) is 20.6 Å². The number of aromatic nitrogens is 4. The highest BCUT2D eigenvalue weighted by Gasteiger charge is 1.93. The molecule has 1 heterocycles. The van der Waals surface area contributed by atoms with Crippen LogP contribution in [0.4, 0.5) is 0 Å². The van der Waals surface area contributed by atoms with E-state index in [-0.39, 0.29) is 0 Å². The van der Waals surface area contributed by atoms with E-state index in [2.05, 4.69) is 26.7 Å². The molecule has 0 bridgehead atoms. The molecule has 4 nitrogen and oxygen atoms in total. The highest BCUT2D eigenvalue weighted by Crippen LogP contribution is 1.92. The van der Waals surface area contributed by atoms with Gasteiger partial charge in [0, 0.05) is 6.42 Å². The van der Waals surface area contributed by atoms with Crippen LogP contribution in [0.1, 0.15) is 19.2 Å². The molecule has 0 atom stereocenters. The van der Waals surface area contributed by atoms with Crippen LogP contribution < -0.4 is 0 Å². The van der Waals surface area contributed by atoms with Crippen molar-refractivity contribution in [2.45, 2.75) is 19.8 Å². The molecule has 10 heavy (non-hydrogen) atoms. The first-order valence-electron chi connectivity index (χ1n) is 3.27. The van der Waals surface area contributed by atoms with Crippen molar-refractivity contribution in [3.63, 3.8) is 0 Å². The molecule has 1 aromatic rings. The average Bonchev–Trinajstić information content (AvgIpc) is 2.41. The van der Waals surface area contributed by atoms with Crippen LogP contribution in [0.5, 0.6) is 0 Å². The molecule has 0 amide bonds. The van der Waals surface area contributed by atoms with Crippen molar-refractivity contribution >= 4 is 0 Å². The third-order valence-corrected chi connectivity index (χ3v) is 1.16. The molecule has 0 radical (unpaired) electrons. The molecule has 0 spiro atoms. The molecular weight excluding hydrogens is 128 g/mol. The predicted octanol–water partition coefficient (Wildman–Crippen LogP) is 0.708. The van der Waals surface area contributed by atoms with Crippen LogP contribution in [0.3, 0.4) is 0 Å². The van der Waals surface area contributed by atoms with Gasteiger partial charge in [0.2, 0.25) is 0 Å². The number of H-pyrrole nitrogens is 1. The maximum absolute atomic E-state index is 3.81. The summed E-state index contributed by atoms with van der Waals surface area (Å²) < 4.78 is 0. The van der Waals surface area contributed by atoms with Gasteiger partial charge in [-0.05, 0) is 13.3 Å². The van der Waals surface area contributed by atoms with Crippen molar-refractivity contribution in [1.82, 2.24) is 20.6 Å². The minimum Gasteiger partial charge on any atom is -0.177 e. The molecule has 0 fully saturated rings. The van der Waals surface area contributed by atoms with Crippen LogP contribution in [0.2, 0.25) is 0 Å². The van der Waals surface area contributed by atoms with E-state index in [0.29, 0.717) is 0 Å². The Balaban J connectivity index is 2.28. The zero-order chi connectivity index (χ0) is 7.23. The van der Waals surface area contributed by atoms with E-state index >= 15 is 0 Å². The molecule has 54 valence electrons. The highest BCUT2D eigenvalue weighted by molar-refractivity contribution is 4.84. The number of aryl methyl sites for hydroxylation is 1. The van der Waals surface area contributed by atoms with E-state index in [1.54, 1.807) is 0 Å². The Hall–Kier alpha value is -1.19. The van der Waals surface area contributed by atoms with Gasteiger partial charge in [-0.3, -0.25) is 0 Å². The number of nitrogens with one attached hydrogen (secondary N) is 1. The van der Waals surface area contributed by atoms with Crippen LogP contribution in [0.25, 0.3) is 0 Å². The number of hydrogen-bond acceptors (Lipinski definition) is 3. The third kappa shape index (κ3) is 1.97. The predicted molar refractivity (Wildman–Crippen MR) is 37.3 cm³/mol. The van der Waals surface area contributed by atoms with Crippen molar-refractivity contribution in [2.24, 2.45) is 0 Å². The number of hydrogen-bond donors (Lipinski definition) is 1. The maximum Gasteiger partial charge on any atom is 0.174 e. The fraction of sp³-hybridized carbons (Fsp3) is 0.500. The van der Waals surface area contributed by atoms with E-state index in [1.807, 2.05) is 13.0 Å². The van der Waals surface area contributed by atoms with Crippen LogP contribution >= 0.6 is 0 Å². The van der Waals surface area contributed by atoms with E-state index in [1.165, 1.54) is 0 Å². The van der Waals surface area contributed by atoms with Crippen molar-refractivity contribution in [2.75, 3.05) is 0 Å². The van der Waals surface area contributed by atoms with E-state index in [4.69, 9.17) is 0 Å². The quantitative estimate of drug-likeness (QED) is 0.626. The lowest BCUT2D eigenvalue weighted by Gasteiger charge is -1.84. The number of nitrogens with zero attached hydrogens (tertiary/aromatic N) is 3. The van der Waals surface area contributed by atoms with Gasteiger partial charge in [-0.1, -0.05) is 17.4 Å². The van der Waals surface area contributed by atoms with E-state index in [0.717, 1.165) is 18.7 Å². The molecule has 1 aromatic heterocycles. The minimum atomic E-state index is 0.776. The Morgan fingerprint density at radius 2 is 2.50 bits per heavy atom. The summed E-state index contributed by atoms with van der Waals surface area (Å²) in [7, 11) is 0. The Morgan fingerprint density at radius 3 is 3.10 bits per heavy atom. The Bertz CT molecular complexity index is 190. The molecule has 0 aliphatic carbocycles. The molecular formula is C6H10N4. The molecule has 0 unspecified atom stereocenters. The largest absolute Gasteiger partial charge is 0.177 e. The summed E-state index contributed by atoms with van der Waals surface area (Å²) in [6.07, 6.45) is 5.94. The second-order valence-electron chi connectivity index (χ2n) is 1.94. The van der Waals surface area contributed by atoms with Gasteiger partial charge in [0.1, 0.15) is 0 Å². The maximum atomic E-state index is 3.81. The van der Waals surface area contributed by atoms with Crippen LogP contribution in [0, 0.1) is 0 Å². The smallest absolute Gasteiger partial charge is 0.174 e. The fourth-order valence-electron chi connectivity index (χ4n) is 0.668. The summed E-state index contributed by atoms with van der Waals surface area (Å²) in [5, 5.41) is 13.5. The van der Waals surface area contributed by atoms with Gasteiger partial charge in [0.25, 0.3) is 0 Å². The number of allylic oxidation sites excluding steroid dienone is 2. The third-order valence-electron chi connectivity index (χ3n) is 1.16. The summed E-state index contributed by atoms with van der Waals surface area (Å²) >= 11 is 0. The topological polar surface area (TPSA) is 54.5 Å². The fourth-order valence-corrected chi connectivity index (χ4v) is 0.668. The molecule has 0 aromatic carbocycles. The average molecular weight is 138 g/mol. The van der Waals surface area contributed by atoms with Crippen LogP contribution in [-0.2, 0) is 6.42 Å². The molecule has 0 aliphatic heterocycles. The normalized spacial score (nSPS) is 10.9. The zero-order valence-electron chi connectivity index (χ0n) is 5.91. The van der Waals surface area contributed by atoms with Crippen molar-refractivity contribution < 1.29 is 0 Å². The lowest BCUT2D eigenvalue weighted by molar-refractivity contribution is 0.881. The summed E-state index contributed by atoms with van der Waals surface area (Å²) in [4.78, 5) is 0. The molecule has 0 aliphatic rings. The lowest BCUT2D eigenvalue weighted by Crippen LogP contribution is -1.85. The van der Waals surface area contributed by atoms with Gasteiger partial charge in [0.05, 0.1) is 0 Å². The monoisotopic (exact) mass is 138 g/mol. The first-order chi connectivity index (χ1) is 4.93. The zero-order valence-corrected chi connectivity index (χ0v) is 5.91. The molecule has 0 saturated heterocycles. The molecule has 0 saturated carbocycles. The summed E-state index contributed by atoms with van der Waals surface area (Å²) in [6, 6.07) is 0. The van der Waals surface area contributed by atoms with Crippen molar-refractivity contribution in [3.8, 4) is 0 Å². The number of rotatable bonds is 3. The SMILES string of the molecule is C/C=C/CCc1nn[nH]n1. The summed E-state index contributed by atoms with van der Waals surface area (Å²) in [5.74, 6) is 0.776. The Labute approximate surface area is 59.3 Å². The van der Waals surface area contributed by atoms with Gasteiger partial charge in [-0.25, -0.2) is 0 Å². The van der Waals surface area contributed by atoms with Crippen LogP contribution in [0.15, 0.2) is 12.2 Å². The Morgan fingerprint density at radius 1 is 1.60 bits per heavy atom. The standard InChI is InChI=1S/C6H10N4/c1-2-3-4-5-6-7-9-10-8-6/h2-3H,4-5H2,1H3,(H,7,8,9,10)/b3-2+. The lowest BCUT2D eigenvalue weighted by atomic mass is 10.3. The first-order valence-corrected chi connectivity index (χ1v) is 3.27. The van der Waals surface area contributed by atoms with Gasteiger partial charge in [0.15, 0.2) is 5.82 Å². The second-order valence-corrected chi connectivity index (χ2v) is 1.94. The Kier molecular flexibility index (Phi) is 2.61. The van der Waals surface area contributed by atoms with E-state index in [9.17, 15) is 0 Å². The summed E-state index contributed by atoms with van der Waals surface area (Å²) in [5.41, 5.74) is 0.